The van der Waals surface area contributed by atoms with Crippen LogP contribution in [0.4, 0.5) is 10.2 Å². The van der Waals surface area contributed by atoms with E-state index in [0.717, 1.165) is 23.1 Å². The molecule has 1 aromatic heterocycles. The van der Waals surface area contributed by atoms with E-state index < -0.39 is 0 Å². The van der Waals surface area contributed by atoms with Gasteiger partial charge in [-0.2, -0.15) is 0 Å². The fourth-order valence-corrected chi connectivity index (χ4v) is 2.28. The summed E-state index contributed by atoms with van der Waals surface area (Å²) in [5, 5.41) is 3.22. The molecule has 0 aliphatic heterocycles. The zero-order chi connectivity index (χ0) is 15.2. The maximum atomic E-state index is 13.5. The first-order valence-corrected chi connectivity index (χ1v) is 7.49. The predicted octanol–water partition coefficient (Wildman–Crippen LogP) is 4.01. The van der Waals surface area contributed by atoms with Crippen LogP contribution < -0.4 is 5.32 Å². The number of halogens is 2. The number of nitrogens with zero attached hydrogens (tertiary/aromatic N) is 2. The molecule has 0 saturated carbocycles. The van der Waals surface area contributed by atoms with Gasteiger partial charge in [0.15, 0.2) is 5.82 Å². The molecule has 0 spiro atoms. The molecule has 1 N–H and O–H groups in total. The Morgan fingerprint density at radius 3 is 2.81 bits per heavy atom. The van der Waals surface area contributed by atoms with Gasteiger partial charge in [-0.25, -0.2) is 14.4 Å². The van der Waals surface area contributed by atoms with Crippen molar-refractivity contribution < 1.29 is 9.13 Å². The number of hydrogen-bond donors (Lipinski definition) is 1. The Labute approximate surface area is 131 Å². The van der Waals surface area contributed by atoms with Crippen molar-refractivity contribution in [1.29, 1.82) is 0 Å². The van der Waals surface area contributed by atoms with Crippen LogP contribution in [0.3, 0.4) is 0 Å². The molecule has 0 aliphatic carbocycles. The normalized spacial score (nSPS) is 10.7. The van der Waals surface area contributed by atoms with Crippen LogP contribution >= 0.6 is 15.9 Å². The molecule has 21 heavy (non-hydrogen) atoms. The van der Waals surface area contributed by atoms with Crippen LogP contribution in [0.1, 0.15) is 19.0 Å². The SMILES string of the molecule is CCCNc1cc(COC)nc(-c2cc(F)ccc2Br)n1. The molecule has 0 radical (unpaired) electrons. The Morgan fingerprint density at radius 1 is 1.29 bits per heavy atom. The van der Waals surface area contributed by atoms with E-state index in [1.165, 1.54) is 12.1 Å². The fraction of sp³-hybridized carbons (Fsp3) is 0.333. The summed E-state index contributed by atoms with van der Waals surface area (Å²) < 4.78 is 19.3. The van der Waals surface area contributed by atoms with Crippen LogP contribution in [-0.2, 0) is 11.3 Å². The summed E-state index contributed by atoms with van der Waals surface area (Å²) in [4.78, 5) is 8.88. The van der Waals surface area contributed by atoms with Gasteiger partial charge in [0.2, 0.25) is 0 Å². The van der Waals surface area contributed by atoms with E-state index in [1.54, 1.807) is 13.2 Å². The number of rotatable bonds is 6. The third-order valence-electron chi connectivity index (χ3n) is 2.80. The van der Waals surface area contributed by atoms with Crippen LogP contribution in [0.5, 0.6) is 0 Å². The second kappa shape index (κ2) is 7.47. The molecule has 4 nitrogen and oxygen atoms in total. The second-order valence-electron chi connectivity index (χ2n) is 4.55. The molecule has 2 rings (SSSR count). The Hall–Kier alpha value is -1.53. The molecular weight excluding hydrogens is 337 g/mol. The minimum absolute atomic E-state index is 0.322. The van der Waals surface area contributed by atoms with Gasteiger partial charge in [0.05, 0.1) is 12.3 Å². The van der Waals surface area contributed by atoms with E-state index in [0.29, 0.717) is 23.8 Å². The standard InChI is InChI=1S/C15H17BrFN3O/c1-3-6-18-14-8-11(9-21-2)19-15(20-14)12-7-10(17)4-5-13(12)16/h4-5,7-8H,3,6,9H2,1-2H3,(H,18,19,20). The van der Waals surface area contributed by atoms with Crippen molar-refractivity contribution in [2.75, 3.05) is 19.0 Å². The molecule has 2 aromatic rings. The average Bonchev–Trinajstić information content (AvgIpc) is 2.48. The average molecular weight is 354 g/mol. The lowest BCUT2D eigenvalue weighted by molar-refractivity contribution is 0.181. The molecule has 0 aliphatic rings. The molecule has 6 heteroatoms. The van der Waals surface area contributed by atoms with Gasteiger partial charge in [-0.05, 0) is 24.6 Å². The molecule has 0 atom stereocenters. The molecule has 1 heterocycles. The van der Waals surface area contributed by atoms with Crippen molar-refractivity contribution in [2.45, 2.75) is 20.0 Å². The molecular formula is C15H17BrFN3O. The summed E-state index contributed by atoms with van der Waals surface area (Å²) in [6.07, 6.45) is 0.989. The summed E-state index contributed by atoms with van der Waals surface area (Å²) in [7, 11) is 1.61. The van der Waals surface area contributed by atoms with Crippen LogP contribution in [0.2, 0.25) is 0 Å². The third-order valence-corrected chi connectivity index (χ3v) is 3.49. The Bertz CT molecular complexity index is 622. The molecule has 1 aromatic carbocycles. The number of ether oxygens (including phenoxy) is 1. The lowest BCUT2D eigenvalue weighted by Crippen LogP contribution is -2.06. The lowest BCUT2D eigenvalue weighted by atomic mass is 10.2. The third kappa shape index (κ3) is 4.22. The zero-order valence-electron chi connectivity index (χ0n) is 12.0. The van der Waals surface area contributed by atoms with Gasteiger partial charge in [0.25, 0.3) is 0 Å². The summed E-state index contributed by atoms with van der Waals surface area (Å²) >= 11 is 3.41. The van der Waals surface area contributed by atoms with Gasteiger partial charge in [-0.1, -0.05) is 22.9 Å². The van der Waals surface area contributed by atoms with Crippen molar-refractivity contribution in [3.8, 4) is 11.4 Å². The van der Waals surface area contributed by atoms with Gasteiger partial charge in [-0.15, -0.1) is 0 Å². The molecule has 0 amide bonds. The van der Waals surface area contributed by atoms with E-state index in [4.69, 9.17) is 4.74 Å². The summed E-state index contributed by atoms with van der Waals surface area (Å²) in [5.74, 6) is 0.858. The first kappa shape index (κ1) is 15.9. The largest absolute Gasteiger partial charge is 0.378 e. The fourth-order valence-electron chi connectivity index (χ4n) is 1.85. The van der Waals surface area contributed by atoms with Crippen LogP contribution in [0.15, 0.2) is 28.7 Å². The topological polar surface area (TPSA) is 47.0 Å². The van der Waals surface area contributed by atoms with Gasteiger partial charge in [0, 0.05) is 29.8 Å². The highest BCUT2D eigenvalue weighted by atomic mass is 79.9. The highest BCUT2D eigenvalue weighted by molar-refractivity contribution is 9.10. The number of methoxy groups -OCH3 is 1. The number of aromatic nitrogens is 2. The number of nitrogens with one attached hydrogen (secondary N) is 1. The van der Waals surface area contributed by atoms with E-state index >= 15 is 0 Å². The minimum atomic E-state index is -0.322. The molecule has 0 fully saturated rings. The molecule has 0 saturated heterocycles. The van der Waals surface area contributed by atoms with Crippen molar-refractivity contribution >= 4 is 21.7 Å². The van der Waals surface area contributed by atoms with E-state index in [9.17, 15) is 4.39 Å². The number of anilines is 1. The Balaban J connectivity index is 2.45. The Morgan fingerprint density at radius 2 is 2.10 bits per heavy atom. The first-order chi connectivity index (χ1) is 10.1. The van der Waals surface area contributed by atoms with Crippen LogP contribution in [0.25, 0.3) is 11.4 Å². The van der Waals surface area contributed by atoms with Gasteiger partial charge in [0.1, 0.15) is 11.6 Å². The predicted molar refractivity (Wildman–Crippen MR) is 84.6 cm³/mol. The number of hydrogen-bond acceptors (Lipinski definition) is 4. The first-order valence-electron chi connectivity index (χ1n) is 6.70. The molecule has 112 valence electrons. The summed E-state index contributed by atoms with van der Waals surface area (Å²) in [5.41, 5.74) is 1.37. The molecule has 0 unspecified atom stereocenters. The van der Waals surface area contributed by atoms with Crippen LogP contribution in [-0.4, -0.2) is 23.6 Å². The zero-order valence-corrected chi connectivity index (χ0v) is 13.6. The van der Waals surface area contributed by atoms with Crippen molar-refractivity contribution in [1.82, 2.24) is 9.97 Å². The highest BCUT2D eigenvalue weighted by Gasteiger charge is 2.11. The quantitative estimate of drug-likeness (QED) is 0.851. The van der Waals surface area contributed by atoms with E-state index in [2.05, 4.69) is 38.1 Å². The van der Waals surface area contributed by atoms with Crippen LogP contribution in [0, 0.1) is 5.82 Å². The lowest BCUT2D eigenvalue weighted by Gasteiger charge is -2.10. The maximum absolute atomic E-state index is 13.5. The summed E-state index contributed by atoms with van der Waals surface area (Å²) in [6.45, 7) is 3.27. The van der Waals surface area contributed by atoms with Gasteiger partial charge in [-0.3, -0.25) is 0 Å². The minimum Gasteiger partial charge on any atom is -0.378 e. The Kier molecular flexibility index (Phi) is 5.64. The monoisotopic (exact) mass is 353 g/mol. The molecule has 0 bridgehead atoms. The van der Waals surface area contributed by atoms with Crippen molar-refractivity contribution in [3.63, 3.8) is 0 Å². The van der Waals surface area contributed by atoms with E-state index in [1.807, 2.05) is 6.07 Å². The smallest absolute Gasteiger partial charge is 0.163 e. The highest BCUT2D eigenvalue weighted by Crippen LogP contribution is 2.27. The maximum Gasteiger partial charge on any atom is 0.163 e. The summed E-state index contributed by atoms with van der Waals surface area (Å²) in [6, 6.07) is 6.30. The van der Waals surface area contributed by atoms with Gasteiger partial charge < -0.3 is 10.1 Å². The van der Waals surface area contributed by atoms with Crippen molar-refractivity contribution in [2.24, 2.45) is 0 Å². The van der Waals surface area contributed by atoms with Gasteiger partial charge >= 0.3 is 0 Å². The second-order valence-corrected chi connectivity index (χ2v) is 5.41. The van der Waals surface area contributed by atoms with E-state index in [-0.39, 0.29) is 5.82 Å². The number of benzene rings is 1. The van der Waals surface area contributed by atoms with Crippen molar-refractivity contribution in [3.05, 3.63) is 40.2 Å².